The Kier molecular flexibility index (Phi) is 3.91. The van der Waals surface area contributed by atoms with Crippen LogP contribution in [0, 0.1) is 17.2 Å². The lowest BCUT2D eigenvalue weighted by Crippen LogP contribution is -2.42. The standard InChI is InChI=1S/C14H15F3N2O/c1-9-8-19(5-4-13(9)20)11-3-2-10(7-18)12(6-11)14(15,16)17/h2-3,6,9,13,20H,4-5,8H2,1H3. The van der Waals surface area contributed by atoms with E-state index in [0.29, 0.717) is 25.2 Å². The number of aliphatic hydroxyl groups excluding tert-OH is 1. The molecule has 1 heterocycles. The van der Waals surface area contributed by atoms with Crippen molar-refractivity contribution in [2.24, 2.45) is 5.92 Å². The third kappa shape index (κ3) is 2.88. The largest absolute Gasteiger partial charge is 0.417 e. The normalized spacial score (nSPS) is 23.5. The minimum Gasteiger partial charge on any atom is -0.393 e. The number of anilines is 1. The van der Waals surface area contributed by atoms with Crippen molar-refractivity contribution in [3.8, 4) is 6.07 Å². The van der Waals surface area contributed by atoms with Crippen LogP contribution >= 0.6 is 0 Å². The van der Waals surface area contributed by atoms with Gasteiger partial charge in [-0.1, -0.05) is 6.92 Å². The van der Waals surface area contributed by atoms with Crippen LogP contribution in [0.25, 0.3) is 0 Å². The summed E-state index contributed by atoms with van der Waals surface area (Å²) in [6.07, 6.45) is -4.42. The molecule has 1 aromatic rings. The second-order valence-corrected chi connectivity index (χ2v) is 5.12. The van der Waals surface area contributed by atoms with Crippen molar-refractivity contribution in [3.63, 3.8) is 0 Å². The molecule has 0 bridgehead atoms. The van der Waals surface area contributed by atoms with Crippen molar-refractivity contribution in [2.75, 3.05) is 18.0 Å². The number of hydrogen-bond donors (Lipinski definition) is 1. The van der Waals surface area contributed by atoms with Crippen LogP contribution in [0.3, 0.4) is 0 Å². The highest BCUT2D eigenvalue weighted by Crippen LogP contribution is 2.35. The number of benzene rings is 1. The maximum absolute atomic E-state index is 12.9. The molecule has 1 saturated heterocycles. The lowest BCUT2D eigenvalue weighted by Gasteiger charge is -2.36. The minimum atomic E-state index is -4.54. The first-order chi connectivity index (χ1) is 9.32. The molecule has 1 aliphatic rings. The van der Waals surface area contributed by atoms with E-state index in [1.165, 1.54) is 12.1 Å². The van der Waals surface area contributed by atoms with Gasteiger partial charge in [0.25, 0.3) is 0 Å². The molecule has 2 atom stereocenters. The summed E-state index contributed by atoms with van der Waals surface area (Å²) >= 11 is 0. The van der Waals surface area contributed by atoms with Gasteiger partial charge in [-0.3, -0.25) is 0 Å². The molecule has 0 radical (unpaired) electrons. The topological polar surface area (TPSA) is 47.3 Å². The van der Waals surface area contributed by atoms with Gasteiger partial charge in [-0.2, -0.15) is 18.4 Å². The lowest BCUT2D eigenvalue weighted by atomic mass is 9.96. The summed E-state index contributed by atoms with van der Waals surface area (Å²) in [5.74, 6) is 0.00808. The van der Waals surface area contributed by atoms with Gasteiger partial charge in [-0.25, -0.2) is 0 Å². The van der Waals surface area contributed by atoms with E-state index in [1.807, 2.05) is 11.8 Å². The number of alkyl halides is 3. The number of nitrogens with zero attached hydrogens (tertiary/aromatic N) is 2. The third-order valence-corrected chi connectivity index (χ3v) is 3.65. The van der Waals surface area contributed by atoms with Gasteiger partial charge in [0.1, 0.15) is 0 Å². The van der Waals surface area contributed by atoms with Gasteiger partial charge >= 0.3 is 6.18 Å². The fourth-order valence-electron chi connectivity index (χ4n) is 2.43. The Labute approximate surface area is 115 Å². The van der Waals surface area contributed by atoms with Crippen LogP contribution in [0.1, 0.15) is 24.5 Å². The molecule has 0 aliphatic carbocycles. The zero-order valence-electron chi connectivity index (χ0n) is 11.0. The highest BCUT2D eigenvalue weighted by Gasteiger charge is 2.34. The highest BCUT2D eigenvalue weighted by molar-refractivity contribution is 5.55. The van der Waals surface area contributed by atoms with Crippen LogP contribution in [0.2, 0.25) is 0 Å². The maximum atomic E-state index is 12.9. The van der Waals surface area contributed by atoms with E-state index >= 15 is 0 Å². The van der Waals surface area contributed by atoms with Gasteiger partial charge in [-0.15, -0.1) is 0 Å². The second-order valence-electron chi connectivity index (χ2n) is 5.12. The smallest absolute Gasteiger partial charge is 0.393 e. The van der Waals surface area contributed by atoms with E-state index in [2.05, 4.69) is 0 Å². The van der Waals surface area contributed by atoms with E-state index in [9.17, 15) is 18.3 Å². The van der Waals surface area contributed by atoms with Crippen molar-refractivity contribution >= 4 is 5.69 Å². The van der Waals surface area contributed by atoms with Crippen LogP contribution in [-0.2, 0) is 6.18 Å². The summed E-state index contributed by atoms with van der Waals surface area (Å²) in [5.41, 5.74) is -0.835. The minimum absolute atomic E-state index is 0.00808. The molecular weight excluding hydrogens is 269 g/mol. The molecule has 3 nitrogen and oxygen atoms in total. The molecule has 1 fully saturated rings. The number of hydrogen-bond acceptors (Lipinski definition) is 3. The van der Waals surface area contributed by atoms with Gasteiger partial charge in [0.05, 0.1) is 23.3 Å². The molecule has 0 amide bonds. The Morgan fingerprint density at radius 2 is 2.10 bits per heavy atom. The number of rotatable bonds is 1. The van der Waals surface area contributed by atoms with Crippen molar-refractivity contribution in [1.29, 1.82) is 5.26 Å². The van der Waals surface area contributed by atoms with Gasteiger partial charge < -0.3 is 10.0 Å². The van der Waals surface area contributed by atoms with Crippen molar-refractivity contribution in [1.82, 2.24) is 0 Å². The van der Waals surface area contributed by atoms with Crippen LogP contribution in [-0.4, -0.2) is 24.3 Å². The summed E-state index contributed by atoms with van der Waals surface area (Å²) < 4.78 is 38.7. The van der Waals surface area contributed by atoms with E-state index < -0.39 is 17.8 Å². The Balaban J connectivity index is 2.33. The predicted molar refractivity (Wildman–Crippen MR) is 68.2 cm³/mol. The van der Waals surface area contributed by atoms with Crippen molar-refractivity contribution < 1.29 is 18.3 Å². The van der Waals surface area contributed by atoms with Gasteiger partial charge in [0.15, 0.2) is 0 Å². The maximum Gasteiger partial charge on any atom is 0.417 e. The number of piperidine rings is 1. The Bertz CT molecular complexity index is 536. The predicted octanol–water partition coefficient (Wildman–Crippen LogP) is 2.78. The van der Waals surface area contributed by atoms with Crippen LogP contribution in [0.4, 0.5) is 18.9 Å². The molecule has 6 heteroatoms. The van der Waals surface area contributed by atoms with Gasteiger partial charge in [0, 0.05) is 18.8 Å². The highest BCUT2D eigenvalue weighted by atomic mass is 19.4. The Morgan fingerprint density at radius 3 is 2.65 bits per heavy atom. The number of aliphatic hydroxyl groups is 1. The first-order valence-corrected chi connectivity index (χ1v) is 6.37. The number of halogens is 3. The van der Waals surface area contributed by atoms with Crippen LogP contribution in [0.5, 0.6) is 0 Å². The Hall–Kier alpha value is -1.74. The Morgan fingerprint density at radius 1 is 1.40 bits per heavy atom. The average molecular weight is 284 g/mol. The molecule has 20 heavy (non-hydrogen) atoms. The molecular formula is C14H15F3N2O. The van der Waals surface area contributed by atoms with Gasteiger partial charge in [-0.05, 0) is 30.5 Å². The van der Waals surface area contributed by atoms with Crippen LogP contribution < -0.4 is 4.90 Å². The fraction of sp³-hybridized carbons (Fsp3) is 0.500. The molecule has 1 aliphatic heterocycles. The van der Waals surface area contributed by atoms with E-state index in [1.54, 1.807) is 6.07 Å². The van der Waals surface area contributed by atoms with E-state index in [-0.39, 0.29) is 11.5 Å². The van der Waals surface area contributed by atoms with E-state index in [0.717, 1.165) is 6.07 Å². The molecule has 0 spiro atoms. The van der Waals surface area contributed by atoms with Gasteiger partial charge in [0.2, 0.25) is 0 Å². The molecule has 1 aromatic carbocycles. The molecule has 0 aromatic heterocycles. The van der Waals surface area contributed by atoms with E-state index in [4.69, 9.17) is 5.26 Å². The third-order valence-electron chi connectivity index (χ3n) is 3.65. The zero-order valence-corrected chi connectivity index (χ0v) is 11.0. The first-order valence-electron chi connectivity index (χ1n) is 6.37. The summed E-state index contributed by atoms with van der Waals surface area (Å²) in [5, 5.41) is 18.4. The SMILES string of the molecule is CC1CN(c2ccc(C#N)c(C(F)(F)F)c2)CCC1O. The summed E-state index contributed by atoms with van der Waals surface area (Å²) in [6, 6.07) is 5.31. The van der Waals surface area contributed by atoms with Crippen molar-refractivity contribution in [2.45, 2.75) is 25.6 Å². The summed E-state index contributed by atoms with van der Waals surface area (Å²) in [7, 11) is 0. The molecule has 2 rings (SSSR count). The molecule has 0 saturated carbocycles. The molecule has 2 unspecified atom stereocenters. The number of nitriles is 1. The van der Waals surface area contributed by atoms with Crippen molar-refractivity contribution in [3.05, 3.63) is 29.3 Å². The lowest BCUT2D eigenvalue weighted by molar-refractivity contribution is -0.137. The average Bonchev–Trinajstić information content (AvgIpc) is 2.40. The molecule has 108 valence electrons. The first kappa shape index (κ1) is 14.7. The quantitative estimate of drug-likeness (QED) is 0.862. The summed E-state index contributed by atoms with van der Waals surface area (Å²) in [6.45, 7) is 2.88. The monoisotopic (exact) mass is 284 g/mol. The van der Waals surface area contributed by atoms with Crippen LogP contribution in [0.15, 0.2) is 18.2 Å². The molecule has 1 N–H and O–H groups in total. The summed E-state index contributed by atoms with van der Waals surface area (Å²) in [4.78, 5) is 1.81. The fourth-order valence-corrected chi connectivity index (χ4v) is 2.43. The second kappa shape index (κ2) is 5.33. The zero-order chi connectivity index (χ0) is 14.9.